The molecule has 0 N–H and O–H groups in total. The lowest BCUT2D eigenvalue weighted by Gasteiger charge is -2.26. The highest BCUT2D eigenvalue weighted by atomic mass is 31.1. The molecule has 1 aliphatic heterocycles. The second kappa shape index (κ2) is 13.2. The molecule has 0 aliphatic carbocycles. The summed E-state index contributed by atoms with van der Waals surface area (Å²) in [6.07, 6.45) is 3.45. The maximum Gasteiger partial charge on any atom is 0.387 e. The van der Waals surface area contributed by atoms with Gasteiger partial charge in [-0.1, -0.05) is 122 Å². The second-order valence-corrected chi connectivity index (χ2v) is 19.3. The van der Waals surface area contributed by atoms with E-state index in [1.54, 1.807) is 0 Å². The van der Waals surface area contributed by atoms with Crippen molar-refractivity contribution < 1.29 is 12.9 Å². The molecule has 1 aromatic heterocycles. The van der Waals surface area contributed by atoms with Gasteiger partial charge in [0.15, 0.2) is 0 Å². The summed E-state index contributed by atoms with van der Waals surface area (Å²) in [5, 5.41) is 2.33. The van der Waals surface area contributed by atoms with E-state index in [0.717, 1.165) is 17.3 Å². The first kappa shape index (κ1) is 34.0. The zero-order valence-electron chi connectivity index (χ0n) is 30.0. The van der Waals surface area contributed by atoms with Gasteiger partial charge in [-0.05, 0) is 90.9 Å². The van der Waals surface area contributed by atoms with Gasteiger partial charge < -0.3 is 8.39 Å². The van der Waals surface area contributed by atoms with Crippen LogP contribution >= 0.6 is 16.2 Å². The lowest BCUT2D eigenvalue weighted by Crippen LogP contribution is -2.13. The molecule has 6 rings (SSSR count). The molecule has 0 radical (unpaired) electrons. The quantitative estimate of drug-likeness (QED) is 0.169. The monoisotopic (exact) mass is 666 g/mol. The van der Waals surface area contributed by atoms with E-state index in [1.807, 2.05) is 0 Å². The maximum atomic E-state index is 7.01. The SMILES string of the molecule is Cc1cc(C(C)(C)C)c2op(OCCP3[C@@H](c4ccccc4)CC[C@@H]3c3ccccc3)oc3c(C(C)(C)C)cc(C)c(C)c3c2c1C. The molecule has 1 fully saturated rings. The Morgan fingerprint density at radius 3 is 1.43 bits per heavy atom. The van der Waals surface area contributed by atoms with Crippen molar-refractivity contribution in [2.75, 3.05) is 12.8 Å². The highest BCUT2D eigenvalue weighted by Gasteiger charge is 2.37. The minimum Gasteiger partial charge on any atom is -0.399 e. The van der Waals surface area contributed by atoms with Crippen molar-refractivity contribution in [2.24, 2.45) is 0 Å². The Bertz CT molecular complexity index is 1790. The number of hydrogen-bond acceptors (Lipinski definition) is 3. The van der Waals surface area contributed by atoms with E-state index in [1.165, 1.54) is 68.1 Å². The van der Waals surface area contributed by atoms with E-state index in [0.29, 0.717) is 17.9 Å². The van der Waals surface area contributed by atoms with E-state index in [4.69, 9.17) is 12.9 Å². The van der Waals surface area contributed by atoms with Crippen molar-refractivity contribution in [2.45, 2.75) is 104 Å². The lowest BCUT2D eigenvalue weighted by atomic mass is 9.81. The minimum atomic E-state index is -1.69. The molecule has 5 heteroatoms. The van der Waals surface area contributed by atoms with Crippen LogP contribution in [0.3, 0.4) is 0 Å². The molecule has 2 atom stereocenters. The fraction of sp³-hybridized carbons (Fsp3) is 0.429. The Hall–Kier alpha value is -2.83. The largest absolute Gasteiger partial charge is 0.399 e. The molecular weight excluding hydrogens is 614 g/mol. The number of hydrogen-bond donors (Lipinski definition) is 0. The van der Waals surface area contributed by atoms with Gasteiger partial charge in [-0.3, -0.25) is 4.52 Å². The Balaban J connectivity index is 1.49. The van der Waals surface area contributed by atoms with Crippen LogP contribution in [0.2, 0.25) is 0 Å². The predicted octanol–water partition coefficient (Wildman–Crippen LogP) is 13.3. The van der Waals surface area contributed by atoms with Gasteiger partial charge in [0.1, 0.15) is 11.2 Å². The van der Waals surface area contributed by atoms with Crippen LogP contribution in [-0.4, -0.2) is 12.8 Å². The molecule has 0 amide bonds. The van der Waals surface area contributed by atoms with Gasteiger partial charge >= 0.3 is 8.24 Å². The molecule has 0 bridgehead atoms. The molecule has 4 aromatic carbocycles. The topological polar surface area (TPSA) is 35.5 Å². The zero-order chi connectivity index (χ0) is 33.7. The van der Waals surface area contributed by atoms with Crippen molar-refractivity contribution in [1.82, 2.24) is 0 Å². The standard InChI is InChI=1S/C42H52O3P2/c1-27-25-33(41(5,6)7)39-37(29(27)3)38-30(4)28(2)26-34(42(8,9)10)40(38)45-47(44-39)43-23-24-46-35(31-17-13-11-14-18-31)21-22-36(46)32-19-15-12-16-20-32/h11-20,25-26,35-36H,21-24H2,1-10H3/t35-,36-/m1/s1. The summed E-state index contributed by atoms with van der Waals surface area (Å²) >= 11 is 0. The molecule has 0 unspecified atom stereocenters. The molecular formula is C42H52O3P2. The predicted molar refractivity (Wildman–Crippen MR) is 204 cm³/mol. The van der Waals surface area contributed by atoms with E-state index < -0.39 is 8.24 Å². The van der Waals surface area contributed by atoms with Crippen LogP contribution in [-0.2, 0) is 10.8 Å². The number of rotatable bonds is 6. The molecule has 1 aliphatic rings. The summed E-state index contributed by atoms with van der Waals surface area (Å²) < 4.78 is 20.8. The third-order valence-corrected chi connectivity index (χ3v) is 14.7. The lowest BCUT2D eigenvalue weighted by molar-refractivity contribution is 0.394. The number of aryl methyl sites for hydroxylation is 4. The summed E-state index contributed by atoms with van der Waals surface area (Å²) in [6, 6.07) is 26.9. The van der Waals surface area contributed by atoms with Crippen LogP contribution in [0.15, 0.2) is 81.2 Å². The summed E-state index contributed by atoms with van der Waals surface area (Å²) in [7, 11) is -2.05. The van der Waals surface area contributed by atoms with E-state index >= 15 is 0 Å². The van der Waals surface area contributed by atoms with Crippen molar-refractivity contribution >= 4 is 38.1 Å². The fourth-order valence-corrected chi connectivity index (χ4v) is 12.0. The van der Waals surface area contributed by atoms with Crippen LogP contribution < -0.4 is 4.52 Å². The number of benzene rings is 4. The minimum absolute atomic E-state index is 0.114. The average molecular weight is 667 g/mol. The summed E-state index contributed by atoms with van der Waals surface area (Å²) in [4.78, 5) is 0. The Morgan fingerprint density at radius 1 is 0.638 bits per heavy atom. The van der Waals surface area contributed by atoms with Gasteiger partial charge in [0.05, 0.1) is 6.61 Å². The van der Waals surface area contributed by atoms with Crippen molar-refractivity contribution in [3.63, 3.8) is 0 Å². The summed E-state index contributed by atoms with van der Waals surface area (Å²) in [5.41, 5.74) is 13.1. The summed E-state index contributed by atoms with van der Waals surface area (Å²) in [5.74, 6) is 0. The van der Waals surface area contributed by atoms with Crippen LogP contribution in [0.1, 0.15) is 110 Å². The Kier molecular flexibility index (Phi) is 9.59. The van der Waals surface area contributed by atoms with Crippen LogP contribution in [0.5, 0.6) is 0 Å². The van der Waals surface area contributed by atoms with Crippen LogP contribution in [0, 0.1) is 27.7 Å². The van der Waals surface area contributed by atoms with Gasteiger partial charge in [0.2, 0.25) is 0 Å². The van der Waals surface area contributed by atoms with Gasteiger partial charge in [-0.15, -0.1) is 0 Å². The van der Waals surface area contributed by atoms with Crippen LogP contribution in [0.4, 0.5) is 0 Å². The molecule has 3 nitrogen and oxygen atoms in total. The highest BCUT2D eigenvalue weighted by Crippen LogP contribution is 2.70. The second-order valence-electron chi connectivity index (χ2n) is 15.5. The van der Waals surface area contributed by atoms with E-state index in [-0.39, 0.29) is 18.8 Å². The van der Waals surface area contributed by atoms with Gasteiger partial charge in [-0.25, -0.2) is 0 Å². The summed E-state index contributed by atoms with van der Waals surface area (Å²) in [6.45, 7) is 23.2. The smallest absolute Gasteiger partial charge is 0.387 e. The van der Waals surface area contributed by atoms with Gasteiger partial charge in [0.25, 0.3) is 0 Å². The molecule has 0 spiro atoms. The maximum absolute atomic E-state index is 7.01. The molecule has 5 aromatic rings. The highest BCUT2D eigenvalue weighted by molar-refractivity contribution is 7.58. The molecule has 47 heavy (non-hydrogen) atoms. The fourth-order valence-electron chi connectivity index (χ4n) is 7.37. The first-order valence-corrected chi connectivity index (χ1v) is 20.0. The molecule has 2 heterocycles. The Morgan fingerprint density at radius 2 is 1.04 bits per heavy atom. The van der Waals surface area contributed by atoms with Crippen molar-refractivity contribution in [1.29, 1.82) is 0 Å². The van der Waals surface area contributed by atoms with Gasteiger partial charge in [0, 0.05) is 33.2 Å². The van der Waals surface area contributed by atoms with E-state index in [2.05, 4.69) is 142 Å². The molecule has 248 valence electrons. The normalized spacial score (nSPS) is 17.6. The zero-order valence-corrected chi connectivity index (χ0v) is 31.8. The van der Waals surface area contributed by atoms with Crippen LogP contribution in [0.25, 0.3) is 21.9 Å². The Labute approximate surface area is 284 Å². The number of fused-ring (bicyclic) bond motifs is 3. The molecule has 1 saturated heterocycles. The average Bonchev–Trinajstić information content (AvgIpc) is 3.36. The van der Waals surface area contributed by atoms with Crippen molar-refractivity contribution in [3.05, 3.63) is 117 Å². The van der Waals surface area contributed by atoms with Crippen molar-refractivity contribution in [3.8, 4) is 0 Å². The van der Waals surface area contributed by atoms with Gasteiger partial charge in [-0.2, -0.15) is 0 Å². The van der Waals surface area contributed by atoms with E-state index in [9.17, 15) is 0 Å². The molecule has 0 saturated carbocycles. The third kappa shape index (κ3) is 6.74. The third-order valence-electron chi connectivity index (χ3n) is 10.2. The first-order chi connectivity index (χ1) is 22.3. The first-order valence-electron chi connectivity index (χ1n) is 17.2.